The number of nitrogens with one attached hydrogen (secondary N) is 2. The summed E-state index contributed by atoms with van der Waals surface area (Å²) in [6, 6.07) is 7.61. The fourth-order valence-electron chi connectivity index (χ4n) is 4.48. The van der Waals surface area contributed by atoms with Gasteiger partial charge in [-0.2, -0.15) is 13.2 Å². The zero-order chi connectivity index (χ0) is 31.3. The number of rotatable bonds is 7. The average molecular weight is 601 g/mol. The van der Waals surface area contributed by atoms with Crippen LogP contribution < -0.4 is 15.4 Å². The molecule has 3 N–H and O–H groups in total. The second kappa shape index (κ2) is 13.1. The van der Waals surface area contributed by atoms with E-state index in [9.17, 15) is 32.7 Å². The first-order valence-electron chi connectivity index (χ1n) is 13.4. The van der Waals surface area contributed by atoms with Crippen molar-refractivity contribution >= 4 is 29.2 Å². The normalized spacial score (nSPS) is 17.6. The van der Waals surface area contributed by atoms with Crippen LogP contribution in [-0.4, -0.2) is 81.6 Å². The van der Waals surface area contributed by atoms with Crippen LogP contribution in [0.25, 0.3) is 0 Å². The molecule has 228 valence electrons. The highest BCUT2D eigenvalue weighted by Gasteiger charge is 2.35. The topological polar surface area (TPSA) is 137 Å². The summed E-state index contributed by atoms with van der Waals surface area (Å²) in [5.74, 6) is -1.28. The second-order valence-electron chi connectivity index (χ2n) is 10.2. The molecular formula is C29H31F3N6O5. The number of aromatic nitrogens is 2. The number of carbonyl (C=O) groups excluding carboxylic acids is 3. The minimum Gasteiger partial charge on any atom is -0.485 e. The van der Waals surface area contributed by atoms with Gasteiger partial charge in [0.1, 0.15) is 11.8 Å². The summed E-state index contributed by atoms with van der Waals surface area (Å²) in [5.41, 5.74) is -0.297. The van der Waals surface area contributed by atoms with Crippen LogP contribution in [0.15, 0.2) is 61.1 Å². The molecule has 4 rings (SSSR count). The van der Waals surface area contributed by atoms with E-state index in [-0.39, 0.29) is 54.0 Å². The van der Waals surface area contributed by atoms with Gasteiger partial charge in [-0.15, -0.1) is 0 Å². The Balaban J connectivity index is 1.61. The van der Waals surface area contributed by atoms with Crippen molar-refractivity contribution in [3.63, 3.8) is 0 Å². The number of hydrogen-bond donors (Lipinski definition) is 3. The smallest absolute Gasteiger partial charge is 0.416 e. The second-order valence-corrected chi connectivity index (χ2v) is 10.2. The van der Waals surface area contributed by atoms with Gasteiger partial charge in [0.05, 0.1) is 42.2 Å². The van der Waals surface area contributed by atoms with Crippen molar-refractivity contribution < 1.29 is 37.4 Å². The van der Waals surface area contributed by atoms with Gasteiger partial charge in [-0.1, -0.05) is 13.0 Å². The lowest BCUT2D eigenvalue weighted by Crippen LogP contribution is -2.50. The third-order valence-corrected chi connectivity index (χ3v) is 7.00. The Morgan fingerprint density at radius 3 is 2.51 bits per heavy atom. The molecule has 0 saturated heterocycles. The molecule has 0 saturated carbocycles. The van der Waals surface area contributed by atoms with E-state index in [1.165, 1.54) is 35.4 Å². The SMILES string of the molecule is C[C@H]1CN([C@@H](C)CO)C(=O)c2cccc(NC(=O)c3cnccn3)c2O[C@@H]1CN(C)C(=O)Nc1ccc(C(F)(F)F)cc1. The summed E-state index contributed by atoms with van der Waals surface area (Å²) in [6.07, 6.45) is -1.14. The highest BCUT2D eigenvalue weighted by molar-refractivity contribution is 6.06. The molecule has 11 nitrogen and oxygen atoms in total. The lowest BCUT2D eigenvalue weighted by Gasteiger charge is -2.38. The summed E-state index contributed by atoms with van der Waals surface area (Å²) in [5, 5.41) is 15.1. The molecule has 0 fully saturated rings. The number of ether oxygens (including phenoxy) is 1. The average Bonchev–Trinajstić information content (AvgIpc) is 2.99. The molecule has 3 atom stereocenters. The van der Waals surface area contributed by atoms with Crippen molar-refractivity contribution in [2.45, 2.75) is 32.2 Å². The van der Waals surface area contributed by atoms with Crippen LogP contribution in [0.5, 0.6) is 5.75 Å². The number of hydrogen-bond acceptors (Lipinski definition) is 7. The van der Waals surface area contributed by atoms with E-state index < -0.39 is 41.7 Å². The van der Waals surface area contributed by atoms with E-state index in [2.05, 4.69) is 20.6 Å². The molecule has 3 aromatic rings. The Kier molecular flexibility index (Phi) is 9.49. The fraction of sp³-hybridized carbons (Fsp3) is 0.345. The summed E-state index contributed by atoms with van der Waals surface area (Å²) in [7, 11) is 1.50. The summed E-state index contributed by atoms with van der Waals surface area (Å²) in [4.78, 5) is 50.2. The number of alkyl halides is 3. The fourth-order valence-corrected chi connectivity index (χ4v) is 4.48. The van der Waals surface area contributed by atoms with E-state index in [4.69, 9.17) is 4.74 Å². The van der Waals surface area contributed by atoms with Crippen LogP contribution in [0, 0.1) is 5.92 Å². The zero-order valence-corrected chi connectivity index (χ0v) is 23.6. The molecule has 14 heteroatoms. The molecule has 1 aromatic heterocycles. The Hall–Kier alpha value is -4.72. The molecule has 0 spiro atoms. The van der Waals surface area contributed by atoms with Crippen LogP contribution in [-0.2, 0) is 6.18 Å². The molecule has 1 aliphatic rings. The number of amides is 4. The van der Waals surface area contributed by atoms with Crippen molar-refractivity contribution in [2.24, 2.45) is 5.92 Å². The van der Waals surface area contributed by atoms with Gasteiger partial charge in [0.15, 0.2) is 5.75 Å². The third-order valence-electron chi connectivity index (χ3n) is 7.00. The summed E-state index contributed by atoms with van der Waals surface area (Å²) >= 11 is 0. The van der Waals surface area contributed by atoms with Crippen molar-refractivity contribution in [2.75, 3.05) is 37.4 Å². The Morgan fingerprint density at radius 2 is 1.88 bits per heavy atom. The van der Waals surface area contributed by atoms with Crippen molar-refractivity contribution in [3.8, 4) is 5.75 Å². The number of carbonyl (C=O) groups is 3. The van der Waals surface area contributed by atoms with Gasteiger partial charge in [0.2, 0.25) is 0 Å². The number of aliphatic hydroxyl groups excluding tert-OH is 1. The molecule has 2 aromatic carbocycles. The van der Waals surface area contributed by atoms with Crippen LogP contribution >= 0.6 is 0 Å². The first-order chi connectivity index (χ1) is 20.4. The van der Waals surface area contributed by atoms with Crippen molar-refractivity contribution in [3.05, 3.63) is 77.9 Å². The largest absolute Gasteiger partial charge is 0.485 e. The third kappa shape index (κ3) is 7.38. The first-order valence-corrected chi connectivity index (χ1v) is 13.4. The lowest BCUT2D eigenvalue weighted by molar-refractivity contribution is -0.137. The number of likely N-dealkylation sites (N-methyl/N-ethyl adjacent to an activating group) is 1. The first kappa shape index (κ1) is 31.2. The molecular weight excluding hydrogens is 569 g/mol. The number of nitrogens with zero attached hydrogens (tertiary/aromatic N) is 4. The summed E-state index contributed by atoms with van der Waals surface area (Å²) in [6.45, 7) is 3.43. The molecule has 1 aliphatic heterocycles. The predicted molar refractivity (Wildman–Crippen MR) is 151 cm³/mol. The molecule has 0 bridgehead atoms. The van der Waals surface area contributed by atoms with Gasteiger partial charge < -0.3 is 30.3 Å². The van der Waals surface area contributed by atoms with Gasteiger partial charge in [0.25, 0.3) is 11.8 Å². The standard InChI is InChI=1S/C29H31F3N6O5/c1-17-14-38(18(2)16-39)27(41)21-5-4-6-22(36-26(40)23-13-33-11-12-34-23)25(21)43-24(17)15-37(3)28(42)35-20-9-7-19(8-10-20)29(30,31)32/h4-13,17-18,24,39H,14-16H2,1-3H3,(H,35,42)(H,36,40)/t17-,18-,24+/m0/s1. The number of benzene rings is 2. The number of halogens is 3. The van der Waals surface area contributed by atoms with Gasteiger partial charge in [0, 0.05) is 37.6 Å². The molecule has 0 aliphatic carbocycles. The van der Waals surface area contributed by atoms with Gasteiger partial charge in [-0.3, -0.25) is 14.6 Å². The van der Waals surface area contributed by atoms with E-state index in [0.717, 1.165) is 24.3 Å². The maximum atomic E-state index is 13.6. The van der Waals surface area contributed by atoms with Crippen LogP contribution in [0.3, 0.4) is 0 Å². The maximum Gasteiger partial charge on any atom is 0.416 e. The van der Waals surface area contributed by atoms with Crippen LogP contribution in [0.1, 0.15) is 40.3 Å². The number of para-hydroxylation sites is 1. The molecule has 4 amide bonds. The van der Waals surface area contributed by atoms with Crippen LogP contribution in [0.4, 0.5) is 29.3 Å². The van der Waals surface area contributed by atoms with Gasteiger partial charge >= 0.3 is 12.2 Å². The minimum atomic E-state index is -4.50. The monoisotopic (exact) mass is 600 g/mol. The number of anilines is 2. The molecule has 43 heavy (non-hydrogen) atoms. The maximum absolute atomic E-state index is 13.6. The van der Waals surface area contributed by atoms with Gasteiger partial charge in [-0.25, -0.2) is 9.78 Å². The predicted octanol–water partition coefficient (Wildman–Crippen LogP) is 4.13. The molecule has 0 radical (unpaired) electrons. The lowest BCUT2D eigenvalue weighted by atomic mass is 9.99. The Bertz CT molecular complexity index is 1460. The Labute approximate surface area is 245 Å². The van der Waals surface area contributed by atoms with Crippen molar-refractivity contribution in [1.29, 1.82) is 0 Å². The van der Waals surface area contributed by atoms with Crippen molar-refractivity contribution in [1.82, 2.24) is 19.8 Å². The van der Waals surface area contributed by atoms with E-state index >= 15 is 0 Å². The van der Waals surface area contributed by atoms with Crippen LogP contribution in [0.2, 0.25) is 0 Å². The zero-order valence-electron chi connectivity index (χ0n) is 23.6. The Morgan fingerprint density at radius 1 is 1.16 bits per heavy atom. The minimum absolute atomic E-state index is 0.00898. The highest BCUT2D eigenvalue weighted by Crippen LogP contribution is 2.35. The van der Waals surface area contributed by atoms with E-state index in [0.29, 0.717) is 0 Å². The van der Waals surface area contributed by atoms with Gasteiger partial charge in [-0.05, 0) is 43.3 Å². The molecule has 2 heterocycles. The molecule has 0 unspecified atom stereocenters. The summed E-state index contributed by atoms with van der Waals surface area (Å²) < 4.78 is 45.1. The van der Waals surface area contributed by atoms with E-state index in [1.807, 2.05) is 6.92 Å². The number of urea groups is 1. The van der Waals surface area contributed by atoms with E-state index in [1.54, 1.807) is 25.1 Å². The number of fused-ring (bicyclic) bond motifs is 1. The quantitative estimate of drug-likeness (QED) is 0.371. The highest BCUT2D eigenvalue weighted by atomic mass is 19.4. The number of aliphatic hydroxyl groups is 1.